The fourth-order valence-electron chi connectivity index (χ4n) is 4.06. The van der Waals surface area contributed by atoms with Gasteiger partial charge in [-0.2, -0.15) is 0 Å². The summed E-state index contributed by atoms with van der Waals surface area (Å²) in [4.78, 5) is 11.8. The number of hydrogen-bond acceptors (Lipinski definition) is 4. The number of ether oxygens (including phenoxy) is 3. The van der Waals surface area contributed by atoms with Crippen LogP contribution in [0.3, 0.4) is 0 Å². The van der Waals surface area contributed by atoms with E-state index in [-0.39, 0.29) is 35.0 Å². The van der Waals surface area contributed by atoms with E-state index in [1.54, 1.807) is 0 Å². The predicted octanol–water partition coefficient (Wildman–Crippen LogP) is 2.79. The van der Waals surface area contributed by atoms with Crippen LogP contribution < -0.4 is 0 Å². The van der Waals surface area contributed by atoms with Gasteiger partial charge in [-0.1, -0.05) is 6.92 Å². The number of fused-ring (bicyclic) bond motifs is 1. The van der Waals surface area contributed by atoms with Crippen LogP contribution in [0.25, 0.3) is 0 Å². The van der Waals surface area contributed by atoms with Crippen molar-refractivity contribution in [2.45, 2.75) is 83.4 Å². The fourth-order valence-corrected chi connectivity index (χ4v) is 4.06. The van der Waals surface area contributed by atoms with Gasteiger partial charge in [-0.3, -0.25) is 4.79 Å². The molecule has 3 aliphatic rings. The summed E-state index contributed by atoms with van der Waals surface area (Å²) >= 11 is 0. The standard InChI is InChI=1S/C15H24O4/c1-13(2,3)18-10-6-5-7-15-8-11(16)17-12(19-15)9-14(10,15)4/h10,12H,5-9H2,1-4H3/t10-,12+,14+,15+/m0/s1. The average molecular weight is 268 g/mol. The minimum absolute atomic E-state index is 0.114. The third-order valence-corrected chi connectivity index (χ3v) is 4.93. The molecule has 3 rings (SSSR count). The van der Waals surface area contributed by atoms with E-state index in [1.165, 1.54) is 0 Å². The van der Waals surface area contributed by atoms with Crippen molar-refractivity contribution < 1.29 is 19.0 Å². The zero-order chi connectivity index (χ0) is 13.9. The number of carbonyl (C=O) groups is 1. The van der Waals surface area contributed by atoms with Gasteiger partial charge >= 0.3 is 5.97 Å². The third kappa shape index (κ3) is 2.00. The smallest absolute Gasteiger partial charge is 0.311 e. The summed E-state index contributed by atoms with van der Waals surface area (Å²) in [6, 6.07) is 0. The molecule has 0 amide bonds. The van der Waals surface area contributed by atoms with Gasteiger partial charge in [-0.15, -0.1) is 0 Å². The Balaban J connectivity index is 1.92. The highest BCUT2D eigenvalue weighted by atomic mass is 16.7. The zero-order valence-electron chi connectivity index (χ0n) is 12.3. The SMILES string of the molecule is CC(C)(C)O[C@H]1CCC[C@@]23CC(=O)O[C@@H](C[C@]12C)O3. The second-order valence-electron chi connectivity index (χ2n) is 7.44. The van der Waals surface area contributed by atoms with Crippen LogP contribution in [0.2, 0.25) is 0 Å². The van der Waals surface area contributed by atoms with Crippen molar-refractivity contribution in [1.29, 1.82) is 0 Å². The summed E-state index contributed by atoms with van der Waals surface area (Å²) in [6.07, 6.45) is 3.95. The minimum atomic E-state index is -0.365. The molecule has 2 bridgehead atoms. The first-order valence-electron chi connectivity index (χ1n) is 7.29. The highest BCUT2D eigenvalue weighted by Crippen LogP contribution is 2.60. The molecule has 4 nitrogen and oxygen atoms in total. The van der Waals surface area contributed by atoms with Crippen molar-refractivity contribution in [3.8, 4) is 0 Å². The highest BCUT2D eigenvalue weighted by Gasteiger charge is 2.66. The monoisotopic (exact) mass is 268 g/mol. The second-order valence-corrected chi connectivity index (χ2v) is 7.44. The van der Waals surface area contributed by atoms with Crippen molar-refractivity contribution in [3.63, 3.8) is 0 Å². The summed E-state index contributed by atoms with van der Waals surface area (Å²) < 4.78 is 17.7. The van der Waals surface area contributed by atoms with E-state index < -0.39 is 0 Å². The van der Waals surface area contributed by atoms with E-state index in [9.17, 15) is 4.79 Å². The summed E-state index contributed by atoms with van der Waals surface area (Å²) in [7, 11) is 0. The molecule has 0 N–H and O–H groups in total. The van der Waals surface area contributed by atoms with Gasteiger partial charge in [-0.05, 0) is 40.0 Å². The molecule has 0 aromatic rings. The molecule has 0 radical (unpaired) electrons. The number of hydrogen-bond donors (Lipinski definition) is 0. The molecule has 1 aliphatic carbocycles. The average Bonchev–Trinajstić information content (AvgIpc) is 2.44. The number of carbonyl (C=O) groups excluding carboxylic acids is 1. The van der Waals surface area contributed by atoms with Crippen LogP contribution >= 0.6 is 0 Å². The van der Waals surface area contributed by atoms with Crippen LogP contribution in [0.4, 0.5) is 0 Å². The van der Waals surface area contributed by atoms with Gasteiger partial charge in [0.2, 0.25) is 6.29 Å². The molecule has 19 heavy (non-hydrogen) atoms. The molecule has 2 heterocycles. The summed E-state index contributed by atoms with van der Waals surface area (Å²) in [5, 5.41) is 0. The Morgan fingerprint density at radius 3 is 2.79 bits per heavy atom. The Bertz CT molecular complexity index is 399. The quantitative estimate of drug-likeness (QED) is 0.686. The Morgan fingerprint density at radius 1 is 1.37 bits per heavy atom. The van der Waals surface area contributed by atoms with E-state index in [2.05, 4.69) is 27.7 Å². The molecule has 4 heteroatoms. The first kappa shape index (κ1) is 13.4. The molecule has 2 saturated heterocycles. The van der Waals surface area contributed by atoms with Crippen molar-refractivity contribution >= 4 is 5.97 Å². The lowest BCUT2D eigenvalue weighted by molar-refractivity contribution is -0.243. The van der Waals surface area contributed by atoms with Crippen LogP contribution in [0.1, 0.15) is 59.8 Å². The van der Waals surface area contributed by atoms with E-state index >= 15 is 0 Å². The van der Waals surface area contributed by atoms with Gasteiger partial charge in [0.15, 0.2) is 0 Å². The largest absolute Gasteiger partial charge is 0.436 e. The molecule has 3 fully saturated rings. The molecule has 0 aromatic heterocycles. The minimum Gasteiger partial charge on any atom is -0.436 e. The lowest BCUT2D eigenvalue weighted by Gasteiger charge is -2.51. The maximum Gasteiger partial charge on any atom is 0.311 e. The lowest BCUT2D eigenvalue weighted by atomic mass is 9.61. The third-order valence-electron chi connectivity index (χ3n) is 4.93. The molecule has 108 valence electrons. The van der Waals surface area contributed by atoms with Crippen molar-refractivity contribution in [2.24, 2.45) is 5.41 Å². The van der Waals surface area contributed by atoms with Gasteiger partial charge in [0.1, 0.15) is 0 Å². The molecule has 4 atom stereocenters. The van der Waals surface area contributed by atoms with Crippen molar-refractivity contribution in [3.05, 3.63) is 0 Å². The van der Waals surface area contributed by atoms with Gasteiger partial charge in [0.25, 0.3) is 0 Å². The summed E-state index contributed by atoms with van der Waals surface area (Å²) in [5.41, 5.74) is -0.649. The molecular formula is C15H24O4. The number of esters is 1. The number of rotatable bonds is 1. The van der Waals surface area contributed by atoms with Gasteiger partial charge in [0, 0.05) is 11.8 Å². The Morgan fingerprint density at radius 2 is 2.11 bits per heavy atom. The van der Waals surface area contributed by atoms with Crippen LogP contribution in [0.5, 0.6) is 0 Å². The molecule has 2 aliphatic heterocycles. The normalized spacial score (nSPS) is 45.8. The molecular weight excluding hydrogens is 244 g/mol. The Labute approximate surface area is 114 Å². The fraction of sp³-hybridized carbons (Fsp3) is 0.933. The van der Waals surface area contributed by atoms with Gasteiger partial charge in [0.05, 0.1) is 23.7 Å². The van der Waals surface area contributed by atoms with Crippen LogP contribution in [-0.4, -0.2) is 29.6 Å². The van der Waals surface area contributed by atoms with E-state index in [0.29, 0.717) is 6.42 Å². The van der Waals surface area contributed by atoms with Crippen LogP contribution in [0, 0.1) is 5.41 Å². The highest BCUT2D eigenvalue weighted by molar-refractivity contribution is 5.72. The Hall–Kier alpha value is -0.610. The molecule has 1 spiro atoms. The van der Waals surface area contributed by atoms with Crippen molar-refractivity contribution in [1.82, 2.24) is 0 Å². The van der Waals surface area contributed by atoms with Gasteiger partial charge in [-0.25, -0.2) is 0 Å². The lowest BCUT2D eigenvalue weighted by Crippen LogP contribution is -2.57. The first-order valence-corrected chi connectivity index (χ1v) is 7.29. The topological polar surface area (TPSA) is 44.8 Å². The van der Waals surface area contributed by atoms with Crippen LogP contribution in [-0.2, 0) is 19.0 Å². The van der Waals surface area contributed by atoms with E-state index in [1.807, 2.05) is 0 Å². The second kappa shape index (κ2) is 3.95. The predicted molar refractivity (Wildman–Crippen MR) is 69.5 cm³/mol. The molecule has 1 saturated carbocycles. The molecule has 0 aromatic carbocycles. The van der Waals surface area contributed by atoms with E-state index in [4.69, 9.17) is 14.2 Å². The van der Waals surface area contributed by atoms with Crippen LogP contribution in [0.15, 0.2) is 0 Å². The first-order chi connectivity index (χ1) is 8.74. The molecule has 0 unspecified atom stereocenters. The van der Waals surface area contributed by atoms with E-state index in [0.717, 1.165) is 25.7 Å². The van der Waals surface area contributed by atoms with Crippen molar-refractivity contribution in [2.75, 3.05) is 0 Å². The van der Waals surface area contributed by atoms with Gasteiger partial charge < -0.3 is 14.2 Å². The maximum atomic E-state index is 11.8. The Kier molecular flexibility index (Phi) is 2.78. The summed E-state index contributed by atoms with van der Waals surface area (Å²) in [5.74, 6) is -0.114. The summed E-state index contributed by atoms with van der Waals surface area (Å²) in [6.45, 7) is 8.47. The zero-order valence-corrected chi connectivity index (χ0v) is 12.3. The maximum absolute atomic E-state index is 11.8.